The molecule has 0 heterocycles. The first kappa shape index (κ1) is 15.5. The lowest BCUT2D eigenvalue weighted by atomic mass is 9.94. The molecule has 2 unspecified atom stereocenters. The summed E-state index contributed by atoms with van der Waals surface area (Å²) >= 11 is 1.72. The highest BCUT2D eigenvalue weighted by atomic mass is 32.2. The highest BCUT2D eigenvalue weighted by molar-refractivity contribution is 7.99. The van der Waals surface area contributed by atoms with Gasteiger partial charge in [-0.25, -0.2) is 4.39 Å². The van der Waals surface area contributed by atoms with Crippen LogP contribution >= 0.6 is 11.8 Å². The molecule has 1 aliphatic carbocycles. The van der Waals surface area contributed by atoms with E-state index in [9.17, 15) is 17.6 Å². The minimum atomic E-state index is -4.51. The van der Waals surface area contributed by atoms with E-state index >= 15 is 0 Å². The molecule has 6 heteroatoms. The molecule has 20 heavy (non-hydrogen) atoms. The van der Waals surface area contributed by atoms with Gasteiger partial charge in [0.2, 0.25) is 0 Å². The van der Waals surface area contributed by atoms with Crippen molar-refractivity contribution in [2.45, 2.75) is 43.2 Å². The maximum Gasteiger partial charge on any atom is 0.416 e. The van der Waals surface area contributed by atoms with Crippen molar-refractivity contribution < 1.29 is 17.6 Å². The number of hydrogen-bond donors (Lipinski definition) is 1. The summed E-state index contributed by atoms with van der Waals surface area (Å²) in [5, 5.41) is 3.45. The number of halogens is 4. The summed E-state index contributed by atoms with van der Waals surface area (Å²) in [5.41, 5.74) is -0.797. The third-order valence-electron chi connectivity index (χ3n) is 3.64. The first-order valence-corrected chi connectivity index (χ1v) is 7.86. The number of alkyl halides is 3. The zero-order chi connectivity index (χ0) is 14.8. The predicted molar refractivity (Wildman–Crippen MR) is 74.6 cm³/mol. The summed E-state index contributed by atoms with van der Waals surface area (Å²) in [7, 11) is 0. The lowest BCUT2D eigenvalue weighted by Gasteiger charge is -2.31. The third kappa shape index (κ3) is 3.59. The molecule has 1 N–H and O–H groups in total. The Labute approximate surface area is 120 Å². The third-order valence-corrected chi connectivity index (χ3v) is 4.81. The van der Waals surface area contributed by atoms with E-state index in [0.29, 0.717) is 11.3 Å². The Kier molecular flexibility index (Phi) is 4.83. The van der Waals surface area contributed by atoms with Crippen LogP contribution in [0.15, 0.2) is 18.2 Å². The molecule has 112 valence electrons. The monoisotopic (exact) mass is 307 g/mol. The molecule has 0 aromatic heterocycles. The van der Waals surface area contributed by atoms with Crippen LogP contribution in [0.5, 0.6) is 0 Å². The molecule has 1 aliphatic rings. The van der Waals surface area contributed by atoms with Crippen molar-refractivity contribution in [3.05, 3.63) is 29.6 Å². The van der Waals surface area contributed by atoms with E-state index in [-0.39, 0.29) is 11.7 Å². The number of hydrogen-bond acceptors (Lipinski definition) is 2. The van der Waals surface area contributed by atoms with Crippen LogP contribution in [0, 0.1) is 5.82 Å². The average molecular weight is 307 g/mol. The highest BCUT2D eigenvalue weighted by Crippen LogP contribution is 2.33. The molecular formula is C14H17F4NS. The van der Waals surface area contributed by atoms with Crippen molar-refractivity contribution in [3.8, 4) is 0 Å². The molecule has 0 radical (unpaired) electrons. The summed E-state index contributed by atoms with van der Waals surface area (Å²) in [6.45, 7) is 0. The molecule has 1 fully saturated rings. The summed E-state index contributed by atoms with van der Waals surface area (Å²) in [6.07, 6.45) is 1.70. The normalized spacial score (nSPS) is 23.6. The molecule has 1 nitrogen and oxygen atoms in total. The molecule has 0 aliphatic heterocycles. The van der Waals surface area contributed by atoms with Gasteiger partial charge in [0.25, 0.3) is 0 Å². The fourth-order valence-electron chi connectivity index (χ4n) is 2.55. The van der Waals surface area contributed by atoms with E-state index in [0.717, 1.165) is 31.7 Å². The second-order valence-electron chi connectivity index (χ2n) is 5.00. The lowest BCUT2D eigenvalue weighted by molar-refractivity contribution is -0.137. The Balaban J connectivity index is 2.13. The van der Waals surface area contributed by atoms with Crippen LogP contribution in [0.25, 0.3) is 0 Å². The fourth-order valence-corrected chi connectivity index (χ4v) is 3.49. The molecule has 0 saturated heterocycles. The lowest BCUT2D eigenvalue weighted by Crippen LogP contribution is -2.34. The molecular weight excluding hydrogens is 290 g/mol. The zero-order valence-electron chi connectivity index (χ0n) is 11.1. The smallest absolute Gasteiger partial charge is 0.379 e. The first-order valence-electron chi connectivity index (χ1n) is 6.58. The second-order valence-corrected chi connectivity index (χ2v) is 6.08. The minimum absolute atomic E-state index is 0.116. The van der Waals surface area contributed by atoms with Crippen LogP contribution in [0.2, 0.25) is 0 Å². The molecule has 0 amide bonds. The second kappa shape index (κ2) is 6.24. The van der Waals surface area contributed by atoms with Crippen LogP contribution in [-0.4, -0.2) is 17.5 Å². The summed E-state index contributed by atoms with van der Waals surface area (Å²) in [4.78, 5) is 0. The van der Waals surface area contributed by atoms with Crippen LogP contribution in [0.1, 0.15) is 31.2 Å². The van der Waals surface area contributed by atoms with Crippen molar-refractivity contribution in [2.24, 2.45) is 0 Å². The Morgan fingerprint density at radius 3 is 2.50 bits per heavy atom. The quantitative estimate of drug-likeness (QED) is 0.795. The average Bonchev–Trinajstić information content (AvgIpc) is 2.40. The molecule has 1 aromatic rings. The van der Waals surface area contributed by atoms with Crippen molar-refractivity contribution in [3.63, 3.8) is 0 Å². The van der Waals surface area contributed by atoms with Crippen LogP contribution < -0.4 is 5.32 Å². The molecule has 2 atom stereocenters. The standard InChI is InChI=1S/C14H17F4NS/c1-20-13-5-3-2-4-12(13)19-11-7-6-9(8-10(11)15)14(16,17)18/h6-8,12-13,19H,2-5H2,1H3. The zero-order valence-corrected chi connectivity index (χ0v) is 12.0. The Morgan fingerprint density at radius 2 is 1.90 bits per heavy atom. The Morgan fingerprint density at radius 1 is 1.20 bits per heavy atom. The maximum absolute atomic E-state index is 13.8. The van der Waals surface area contributed by atoms with Crippen LogP contribution in [0.3, 0.4) is 0 Å². The van der Waals surface area contributed by atoms with Crippen LogP contribution in [0.4, 0.5) is 23.2 Å². The summed E-state index contributed by atoms with van der Waals surface area (Å²) < 4.78 is 51.3. The minimum Gasteiger partial charge on any atom is -0.379 e. The van der Waals surface area contributed by atoms with Gasteiger partial charge in [0, 0.05) is 11.3 Å². The van der Waals surface area contributed by atoms with Gasteiger partial charge in [-0.1, -0.05) is 12.8 Å². The topological polar surface area (TPSA) is 12.0 Å². The van der Waals surface area contributed by atoms with Gasteiger partial charge in [-0.15, -0.1) is 0 Å². The largest absolute Gasteiger partial charge is 0.416 e. The number of thioether (sulfide) groups is 1. The van der Waals surface area contributed by atoms with E-state index in [2.05, 4.69) is 5.32 Å². The summed E-state index contributed by atoms with van der Waals surface area (Å²) in [6, 6.07) is 2.77. The van der Waals surface area contributed by atoms with Gasteiger partial charge >= 0.3 is 6.18 Å². The Bertz CT molecular complexity index is 461. The SMILES string of the molecule is CSC1CCCCC1Nc1ccc(C(F)(F)F)cc1F. The van der Waals surface area contributed by atoms with Crippen molar-refractivity contribution in [1.29, 1.82) is 0 Å². The molecule has 1 aromatic carbocycles. The van der Waals surface area contributed by atoms with Gasteiger partial charge < -0.3 is 5.32 Å². The molecule has 2 rings (SSSR count). The van der Waals surface area contributed by atoms with Gasteiger partial charge in [0.15, 0.2) is 0 Å². The molecule has 1 saturated carbocycles. The molecule has 0 bridgehead atoms. The Hall–Kier alpha value is -0.910. The van der Waals surface area contributed by atoms with Crippen molar-refractivity contribution in [2.75, 3.05) is 11.6 Å². The van der Waals surface area contributed by atoms with E-state index in [1.807, 2.05) is 6.26 Å². The van der Waals surface area contributed by atoms with Crippen LogP contribution in [-0.2, 0) is 6.18 Å². The van der Waals surface area contributed by atoms with E-state index in [1.165, 1.54) is 6.07 Å². The van der Waals surface area contributed by atoms with Gasteiger partial charge in [0.05, 0.1) is 11.3 Å². The van der Waals surface area contributed by atoms with E-state index < -0.39 is 17.6 Å². The maximum atomic E-state index is 13.8. The number of rotatable bonds is 3. The van der Waals surface area contributed by atoms with Crippen molar-refractivity contribution in [1.82, 2.24) is 0 Å². The van der Waals surface area contributed by atoms with Gasteiger partial charge in [-0.05, 0) is 37.3 Å². The summed E-state index contributed by atoms with van der Waals surface area (Å²) in [5.74, 6) is -0.842. The van der Waals surface area contributed by atoms with E-state index in [1.54, 1.807) is 11.8 Å². The van der Waals surface area contributed by atoms with Gasteiger partial charge in [-0.2, -0.15) is 24.9 Å². The number of nitrogens with one attached hydrogen (secondary N) is 1. The number of anilines is 1. The molecule has 0 spiro atoms. The van der Waals surface area contributed by atoms with Gasteiger partial charge in [0.1, 0.15) is 5.82 Å². The first-order chi connectivity index (χ1) is 9.41. The number of benzene rings is 1. The fraction of sp³-hybridized carbons (Fsp3) is 0.571. The van der Waals surface area contributed by atoms with E-state index in [4.69, 9.17) is 0 Å². The highest BCUT2D eigenvalue weighted by Gasteiger charge is 2.31. The van der Waals surface area contributed by atoms with Gasteiger partial charge in [-0.3, -0.25) is 0 Å². The predicted octanol–water partition coefficient (Wildman–Crippen LogP) is 4.93. The van der Waals surface area contributed by atoms with Crippen molar-refractivity contribution >= 4 is 17.4 Å².